The topological polar surface area (TPSA) is 61.8 Å². The van der Waals surface area contributed by atoms with Gasteiger partial charge in [0.1, 0.15) is 0 Å². The van der Waals surface area contributed by atoms with E-state index in [-0.39, 0.29) is 5.54 Å². The van der Waals surface area contributed by atoms with Crippen LogP contribution in [0.3, 0.4) is 0 Å². The smallest absolute Gasteiger partial charge is 0.191 e. The van der Waals surface area contributed by atoms with E-state index in [1.54, 1.807) is 11.3 Å². The SMILES string of the molecule is CCNC(=NCc1sc(C)nc1C)NCC1(N2CCOCC2)CCCCC1. The number of nitrogens with one attached hydrogen (secondary N) is 2. The van der Waals surface area contributed by atoms with Gasteiger partial charge in [-0.15, -0.1) is 11.3 Å². The predicted molar refractivity (Wildman–Crippen MR) is 113 cm³/mol. The van der Waals surface area contributed by atoms with E-state index in [2.05, 4.69) is 41.3 Å². The molecular formula is C20H35N5OS. The number of nitrogens with zero attached hydrogens (tertiary/aromatic N) is 3. The van der Waals surface area contributed by atoms with E-state index in [1.165, 1.54) is 37.0 Å². The molecule has 1 aromatic rings. The first-order chi connectivity index (χ1) is 13.1. The molecule has 1 saturated heterocycles. The first-order valence-corrected chi connectivity index (χ1v) is 11.2. The van der Waals surface area contributed by atoms with Gasteiger partial charge in [-0.1, -0.05) is 19.3 Å². The zero-order valence-corrected chi connectivity index (χ0v) is 18.0. The molecular weight excluding hydrogens is 358 g/mol. The van der Waals surface area contributed by atoms with Crippen LogP contribution in [-0.2, 0) is 11.3 Å². The van der Waals surface area contributed by atoms with E-state index < -0.39 is 0 Å². The van der Waals surface area contributed by atoms with Gasteiger partial charge in [-0.05, 0) is 33.6 Å². The minimum absolute atomic E-state index is 0.245. The summed E-state index contributed by atoms with van der Waals surface area (Å²) in [4.78, 5) is 13.3. The molecule has 0 spiro atoms. The van der Waals surface area contributed by atoms with E-state index in [9.17, 15) is 0 Å². The van der Waals surface area contributed by atoms with Crippen molar-refractivity contribution in [1.82, 2.24) is 20.5 Å². The van der Waals surface area contributed by atoms with Crippen LogP contribution in [0.5, 0.6) is 0 Å². The summed E-state index contributed by atoms with van der Waals surface area (Å²) in [5, 5.41) is 8.20. The summed E-state index contributed by atoms with van der Waals surface area (Å²) >= 11 is 1.75. The third-order valence-electron chi connectivity index (χ3n) is 5.78. The molecule has 2 fully saturated rings. The minimum atomic E-state index is 0.245. The van der Waals surface area contributed by atoms with Crippen LogP contribution in [0.4, 0.5) is 0 Å². The van der Waals surface area contributed by atoms with Crippen molar-refractivity contribution in [2.24, 2.45) is 4.99 Å². The van der Waals surface area contributed by atoms with Crippen molar-refractivity contribution in [1.29, 1.82) is 0 Å². The van der Waals surface area contributed by atoms with Gasteiger partial charge in [-0.2, -0.15) is 0 Å². The van der Waals surface area contributed by atoms with Gasteiger partial charge in [0.25, 0.3) is 0 Å². The summed E-state index contributed by atoms with van der Waals surface area (Å²) in [7, 11) is 0. The molecule has 2 N–H and O–H groups in total. The highest BCUT2D eigenvalue weighted by atomic mass is 32.1. The van der Waals surface area contributed by atoms with Crippen molar-refractivity contribution in [3.05, 3.63) is 15.6 Å². The third-order valence-corrected chi connectivity index (χ3v) is 6.83. The predicted octanol–water partition coefficient (Wildman–Crippen LogP) is 2.85. The second-order valence-corrected chi connectivity index (χ2v) is 8.96. The second-order valence-electron chi connectivity index (χ2n) is 7.67. The average molecular weight is 394 g/mol. The van der Waals surface area contributed by atoms with Gasteiger partial charge in [-0.25, -0.2) is 9.98 Å². The standard InChI is InChI=1S/C20H35N5OS/c1-4-21-19(22-14-18-16(2)24-17(3)27-18)23-15-20(8-6-5-7-9-20)25-10-12-26-13-11-25/h4-15H2,1-3H3,(H2,21,22,23). The molecule has 27 heavy (non-hydrogen) atoms. The normalized spacial score (nSPS) is 21.2. The number of aliphatic imine (C=N–C) groups is 1. The fraction of sp³-hybridized carbons (Fsp3) is 0.800. The van der Waals surface area contributed by atoms with Gasteiger partial charge in [0.2, 0.25) is 0 Å². The molecule has 1 aliphatic carbocycles. The number of rotatable bonds is 6. The quantitative estimate of drug-likeness (QED) is 0.575. The molecule has 1 aromatic heterocycles. The van der Waals surface area contributed by atoms with Crippen LogP contribution >= 0.6 is 11.3 Å². The second kappa shape index (κ2) is 9.85. The number of thiazole rings is 1. The number of ether oxygens (including phenoxy) is 1. The zero-order chi connectivity index (χ0) is 19.1. The first-order valence-electron chi connectivity index (χ1n) is 10.4. The Morgan fingerprint density at radius 2 is 1.93 bits per heavy atom. The Hall–Kier alpha value is -1.18. The fourth-order valence-corrected chi connectivity index (χ4v) is 5.18. The van der Waals surface area contributed by atoms with Crippen LogP contribution in [-0.4, -0.2) is 60.8 Å². The van der Waals surface area contributed by atoms with E-state index in [0.717, 1.165) is 56.1 Å². The van der Waals surface area contributed by atoms with Crippen molar-refractivity contribution in [3.8, 4) is 0 Å². The highest BCUT2D eigenvalue weighted by Crippen LogP contribution is 2.33. The van der Waals surface area contributed by atoms with Gasteiger partial charge < -0.3 is 15.4 Å². The Morgan fingerprint density at radius 1 is 1.19 bits per heavy atom. The van der Waals surface area contributed by atoms with Crippen LogP contribution in [0.15, 0.2) is 4.99 Å². The summed E-state index contributed by atoms with van der Waals surface area (Å²) in [6.07, 6.45) is 6.56. The molecule has 6 nitrogen and oxygen atoms in total. The van der Waals surface area contributed by atoms with Crippen LogP contribution in [0.1, 0.15) is 54.6 Å². The number of hydrogen-bond acceptors (Lipinski definition) is 5. The highest BCUT2D eigenvalue weighted by molar-refractivity contribution is 7.11. The van der Waals surface area contributed by atoms with Crippen LogP contribution < -0.4 is 10.6 Å². The summed E-state index contributed by atoms with van der Waals surface area (Å²) in [6, 6.07) is 0. The Balaban J connectivity index is 1.66. The van der Waals surface area contributed by atoms with Crippen molar-refractivity contribution in [2.45, 2.75) is 65.0 Å². The molecule has 0 radical (unpaired) electrons. The Bertz CT molecular complexity index is 618. The number of guanidine groups is 1. The molecule has 152 valence electrons. The van der Waals surface area contributed by atoms with Crippen LogP contribution in [0.2, 0.25) is 0 Å². The lowest BCUT2D eigenvalue weighted by Gasteiger charge is -2.48. The zero-order valence-electron chi connectivity index (χ0n) is 17.1. The lowest BCUT2D eigenvalue weighted by Crippen LogP contribution is -2.60. The Labute approximate surface area is 167 Å². The van der Waals surface area contributed by atoms with Gasteiger partial charge in [0.15, 0.2) is 5.96 Å². The summed E-state index contributed by atoms with van der Waals surface area (Å²) in [5.74, 6) is 0.918. The summed E-state index contributed by atoms with van der Waals surface area (Å²) in [5.41, 5.74) is 1.35. The largest absolute Gasteiger partial charge is 0.379 e. The molecule has 3 rings (SSSR count). The molecule has 1 aliphatic heterocycles. The van der Waals surface area contributed by atoms with Crippen LogP contribution in [0.25, 0.3) is 0 Å². The molecule has 1 saturated carbocycles. The van der Waals surface area contributed by atoms with Crippen LogP contribution in [0, 0.1) is 13.8 Å². The lowest BCUT2D eigenvalue weighted by molar-refractivity contribution is -0.0352. The summed E-state index contributed by atoms with van der Waals surface area (Å²) in [6.45, 7) is 12.6. The minimum Gasteiger partial charge on any atom is -0.379 e. The Morgan fingerprint density at radius 3 is 2.56 bits per heavy atom. The maximum atomic E-state index is 5.60. The number of hydrogen-bond donors (Lipinski definition) is 2. The summed E-state index contributed by atoms with van der Waals surface area (Å²) < 4.78 is 5.60. The van der Waals surface area contributed by atoms with E-state index >= 15 is 0 Å². The fourth-order valence-electron chi connectivity index (χ4n) is 4.31. The maximum absolute atomic E-state index is 5.60. The monoisotopic (exact) mass is 393 g/mol. The van der Waals surface area contributed by atoms with Gasteiger partial charge in [-0.3, -0.25) is 4.90 Å². The molecule has 0 atom stereocenters. The average Bonchev–Trinajstić information content (AvgIpc) is 3.02. The molecule has 2 heterocycles. The molecule has 0 amide bonds. The van der Waals surface area contributed by atoms with E-state index in [1.807, 2.05) is 0 Å². The van der Waals surface area contributed by atoms with Crippen molar-refractivity contribution < 1.29 is 4.74 Å². The molecule has 7 heteroatoms. The van der Waals surface area contributed by atoms with Gasteiger partial charge in [0, 0.05) is 36.6 Å². The number of aromatic nitrogens is 1. The number of aryl methyl sites for hydroxylation is 2. The maximum Gasteiger partial charge on any atom is 0.191 e. The van der Waals surface area contributed by atoms with E-state index in [0.29, 0.717) is 6.54 Å². The van der Waals surface area contributed by atoms with E-state index in [4.69, 9.17) is 9.73 Å². The Kier molecular flexibility index (Phi) is 7.49. The molecule has 2 aliphatic rings. The van der Waals surface area contributed by atoms with Crippen molar-refractivity contribution >= 4 is 17.3 Å². The lowest BCUT2D eigenvalue weighted by atomic mass is 9.80. The molecule has 0 aromatic carbocycles. The van der Waals surface area contributed by atoms with Crippen molar-refractivity contribution in [2.75, 3.05) is 39.4 Å². The first kappa shape index (κ1) is 20.6. The van der Waals surface area contributed by atoms with Crippen molar-refractivity contribution in [3.63, 3.8) is 0 Å². The number of morpholine rings is 1. The molecule has 0 unspecified atom stereocenters. The molecule has 0 bridgehead atoms. The third kappa shape index (κ3) is 5.42. The van der Waals surface area contributed by atoms with Gasteiger partial charge >= 0.3 is 0 Å². The highest BCUT2D eigenvalue weighted by Gasteiger charge is 2.38. The van der Waals surface area contributed by atoms with Gasteiger partial charge in [0.05, 0.1) is 30.5 Å².